The molecule has 1 N–H and O–H groups in total. The number of benzene rings is 1. The first-order valence-electron chi connectivity index (χ1n) is 5.83. The van der Waals surface area contributed by atoms with Gasteiger partial charge in [0.1, 0.15) is 0 Å². The highest BCUT2D eigenvalue weighted by Crippen LogP contribution is 2.26. The van der Waals surface area contributed by atoms with E-state index in [1.54, 1.807) is 4.68 Å². The number of aromatic nitrogens is 2. The van der Waals surface area contributed by atoms with Gasteiger partial charge in [-0.25, -0.2) is 9.48 Å². The Balaban J connectivity index is 2.61. The van der Waals surface area contributed by atoms with E-state index in [1.807, 2.05) is 32.0 Å². The van der Waals surface area contributed by atoms with Crippen LogP contribution in [0.3, 0.4) is 0 Å². The van der Waals surface area contributed by atoms with Crippen LogP contribution in [-0.2, 0) is 4.79 Å². The fraction of sp³-hybridized carbons (Fsp3) is 0.143. The van der Waals surface area contributed by atoms with E-state index in [9.17, 15) is 4.79 Å². The zero-order valence-electron chi connectivity index (χ0n) is 10.9. The first kappa shape index (κ1) is 14.8. The largest absolute Gasteiger partial charge is 0.478 e. The lowest BCUT2D eigenvalue weighted by Crippen LogP contribution is -2.02. The Kier molecular flexibility index (Phi) is 4.30. The van der Waals surface area contributed by atoms with Crippen LogP contribution in [0.5, 0.6) is 0 Å². The number of carboxylic acids is 1. The molecule has 0 atom stereocenters. The van der Waals surface area contributed by atoms with E-state index in [1.165, 1.54) is 6.08 Å². The molecule has 2 rings (SSSR count). The Morgan fingerprint density at radius 3 is 2.70 bits per heavy atom. The van der Waals surface area contributed by atoms with Crippen LogP contribution in [-0.4, -0.2) is 20.9 Å². The van der Waals surface area contributed by atoms with Crippen molar-refractivity contribution in [2.24, 2.45) is 0 Å². The molecule has 0 radical (unpaired) electrons. The molecule has 0 aliphatic heterocycles. The SMILES string of the molecule is Cc1nn(-c2ccc(Br)cc2/C=C/C(=O)O)c(C)c1Cl. The lowest BCUT2D eigenvalue weighted by Gasteiger charge is -2.09. The summed E-state index contributed by atoms with van der Waals surface area (Å²) in [5, 5.41) is 13.8. The minimum absolute atomic E-state index is 0.612. The van der Waals surface area contributed by atoms with E-state index in [2.05, 4.69) is 21.0 Å². The Bertz CT molecular complexity index is 707. The van der Waals surface area contributed by atoms with Crippen molar-refractivity contribution in [2.45, 2.75) is 13.8 Å². The summed E-state index contributed by atoms with van der Waals surface area (Å²) >= 11 is 9.53. The summed E-state index contributed by atoms with van der Waals surface area (Å²) in [4.78, 5) is 10.7. The third kappa shape index (κ3) is 2.94. The summed E-state index contributed by atoms with van der Waals surface area (Å²) in [6, 6.07) is 5.57. The second kappa shape index (κ2) is 5.81. The van der Waals surface area contributed by atoms with E-state index in [0.29, 0.717) is 5.02 Å². The molecule has 0 aliphatic rings. The maximum absolute atomic E-state index is 10.7. The van der Waals surface area contributed by atoms with Gasteiger partial charge in [-0.1, -0.05) is 27.5 Å². The van der Waals surface area contributed by atoms with Crippen molar-refractivity contribution in [1.29, 1.82) is 0 Å². The third-order valence-electron chi connectivity index (χ3n) is 2.83. The van der Waals surface area contributed by atoms with Crippen LogP contribution in [0.15, 0.2) is 28.7 Å². The van der Waals surface area contributed by atoms with Gasteiger partial charge in [0.15, 0.2) is 0 Å². The van der Waals surface area contributed by atoms with Gasteiger partial charge in [0, 0.05) is 16.1 Å². The van der Waals surface area contributed by atoms with E-state index in [4.69, 9.17) is 16.7 Å². The molecule has 2 aromatic rings. The molecule has 6 heteroatoms. The smallest absolute Gasteiger partial charge is 0.328 e. The number of aliphatic carboxylic acids is 1. The summed E-state index contributed by atoms with van der Waals surface area (Å²) in [5.74, 6) is -0.998. The summed E-state index contributed by atoms with van der Waals surface area (Å²) < 4.78 is 2.57. The van der Waals surface area contributed by atoms with Gasteiger partial charge in [-0.3, -0.25) is 0 Å². The molecule has 104 valence electrons. The molecule has 4 nitrogen and oxygen atoms in total. The topological polar surface area (TPSA) is 55.1 Å². The van der Waals surface area contributed by atoms with Crippen LogP contribution in [0.2, 0.25) is 5.02 Å². The summed E-state index contributed by atoms with van der Waals surface area (Å²) in [6.07, 6.45) is 2.63. The van der Waals surface area contributed by atoms with E-state index in [0.717, 1.165) is 33.2 Å². The van der Waals surface area contributed by atoms with Crippen molar-refractivity contribution in [1.82, 2.24) is 9.78 Å². The molecular weight excluding hydrogens is 344 g/mol. The van der Waals surface area contributed by atoms with Gasteiger partial charge in [0.25, 0.3) is 0 Å². The average Bonchev–Trinajstić information content (AvgIpc) is 2.64. The monoisotopic (exact) mass is 354 g/mol. The maximum Gasteiger partial charge on any atom is 0.328 e. The van der Waals surface area contributed by atoms with Crippen LogP contribution in [0.4, 0.5) is 0 Å². The summed E-state index contributed by atoms with van der Waals surface area (Å²) in [6.45, 7) is 3.70. The number of halogens is 2. The summed E-state index contributed by atoms with van der Waals surface area (Å²) in [7, 11) is 0. The van der Waals surface area contributed by atoms with Gasteiger partial charge < -0.3 is 5.11 Å². The molecule has 20 heavy (non-hydrogen) atoms. The molecule has 0 amide bonds. The normalized spacial score (nSPS) is 11.2. The van der Waals surface area contributed by atoms with Crippen molar-refractivity contribution in [3.05, 3.63) is 50.7 Å². The second-order valence-corrected chi connectivity index (χ2v) is 5.56. The minimum atomic E-state index is -0.998. The molecule has 0 saturated heterocycles. The van der Waals surface area contributed by atoms with Crippen molar-refractivity contribution in [2.75, 3.05) is 0 Å². The molecule has 0 aliphatic carbocycles. The van der Waals surface area contributed by atoms with Gasteiger partial charge >= 0.3 is 5.97 Å². The number of carbonyl (C=O) groups is 1. The van der Waals surface area contributed by atoms with Crippen LogP contribution >= 0.6 is 27.5 Å². The number of hydrogen-bond acceptors (Lipinski definition) is 2. The predicted molar refractivity (Wildman–Crippen MR) is 82.4 cm³/mol. The molecule has 0 bridgehead atoms. The fourth-order valence-electron chi connectivity index (χ4n) is 1.87. The van der Waals surface area contributed by atoms with Crippen LogP contribution in [0.25, 0.3) is 11.8 Å². The van der Waals surface area contributed by atoms with Gasteiger partial charge in [0.2, 0.25) is 0 Å². The Morgan fingerprint density at radius 1 is 1.45 bits per heavy atom. The van der Waals surface area contributed by atoms with Gasteiger partial charge in [-0.2, -0.15) is 5.10 Å². The second-order valence-electron chi connectivity index (χ2n) is 4.27. The molecule has 1 aromatic carbocycles. The number of hydrogen-bond donors (Lipinski definition) is 1. The number of carboxylic acid groups (broad SMARTS) is 1. The van der Waals surface area contributed by atoms with Gasteiger partial charge in [-0.15, -0.1) is 0 Å². The van der Waals surface area contributed by atoms with Crippen LogP contribution < -0.4 is 0 Å². The Labute approximate surface area is 129 Å². The quantitative estimate of drug-likeness (QED) is 0.847. The molecule has 0 unspecified atom stereocenters. The van der Waals surface area contributed by atoms with Crippen molar-refractivity contribution < 1.29 is 9.90 Å². The standard InChI is InChI=1S/C14H12BrClN2O2/c1-8-14(16)9(2)18(17-8)12-5-4-11(15)7-10(12)3-6-13(19)20/h3-7H,1-2H3,(H,19,20)/b6-3+. The lowest BCUT2D eigenvalue weighted by molar-refractivity contribution is -0.131. The first-order valence-corrected chi connectivity index (χ1v) is 7.00. The maximum atomic E-state index is 10.7. The molecular formula is C14H12BrClN2O2. The van der Waals surface area contributed by atoms with E-state index in [-0.39, 0.29) is 0 Å². The first-order chi connectivity index (χ1) is 9.40. The van der Waals surface area contributed by atoms with Gasteiger partial charge in [-0.05, 0) is 38.1 Å². The number of nitrogens with zero attached hydrogens (tertiary/aromatic N) is 2. The minimum Gasteiger partial charge on any atom is -0.478 e. The van der Waals surface area contributed by atoms with Crippen LogP contribution in [0.1, 0.15) is 17.0 Å². The zero-order chi connectivity index (χ0) is 14.9. The summed E-state index contributed by atoms with van der Waals surface area (Å²) in [5.41, 5.74) is 3.07. The van der Waals surface area contributed by atoms with E-state index < -0.39 is 5.97 Å². The number of aryl methyl sites for hydroxylation is 1. The van der Waals surface area contributed by atoms with E-state index >= 15 is 0 Å². The van der Waals surface area contributed by atoms with Crippen molar-refractivity contribution in [3.8, 4) is 5.69 Å². The third-order valence-corrected chi connectivity index (χ3v) is 3.87. The highest BCUT2D eigenvalue weighted by Gasteiger charge is 2.13. The fourth-order valence-corrected chi connectivity index (χ4v) is 2.37. The molecule has 0 fully saturated rings. The van der Waals surface area contributed by atoms with Crippen molar-refractivity contribution in [3.63, 3.8) is 0 Å². The molecule has 1 aromatic heterocycles. The molecule has 0 spiro atoms. The highest BCUT2D eigenvalue weighted by atomic mass is 79.9. The van der Waals surface area contributed by atoms with Gasteiger partial charge in [0.05, 0.1) is 22.1 Å². The zero-order valence-corrected chi connectivity index (χ0v) is 13.2. The highest BCUT2D eigenvalue weighted by molar-refractivity contribution is 9.10. The predicted octanol–water partition coefficient (Wildman–Crippen LogP) is 4.00. The molecule has 0 saturated carbocycles. The average molecular weight is 356 g/mol. The van der Waals surface area contributed by atoms with Crippen LogP contribution in [0, 0.1) is 13.8 Å². The number of rotatable bonds is 3. The molecule has 1 heterocycles. The lowest BCUT2D eigenvalue weighted by atomic mass is 10.1. The Hall–Kier alpha value is -1.59. The van der Waals surface area contributed by atoms with Crippen molar-refractivity contribution >= 4 is 39.6 Å². The Morgan fingerprint density at radius 2 is 2.15 bits per heavy atom.